The summed E-state index contributed by atoms with van der Waals surface area (Å²) in [6.07, 6.45) is -8.08. The lowest BCUT2D eigenvalue weighted by Crippen LogP contribution is -2.77. The molecule has 24 heteroatoms. The standard InChI is InChI=1S/C13H6F23N/c1-37-2-3(14,15)4(16,17)5(18,19)6(20,21)7(22,23)8(24,25)9(26,27)10(28,29)11(30,31)12(32,33)13(34,35)36/h37H,2H2,1H3. The molecule has 0 aromatic heterocycles. The van der Waals surface area contributed by atoms with Crippen molar-refractivity contribution >= 4 is 0 Å². The summed E-state index contributed by atoms with van der Waals surface area (Å²) < 4.78 is 301. The summed E-state index contributed by atoms with van der Waals surface area (Å²) in [6, 6.07) is 0. The van der Waals surface area contributed by atoms with Crippen LogP contribution in [0.4, 0.5) is 101 Å². The molecule has 0 fully saturated rings. The van der Waals surface area contributed by atoms with Crippen molar-refractivity contribution in [3.8, 4) is 0 Å². The van der Waals surface area contributed by atoms with E-state index < -0.39 is 71.9 Å². The van der Waals surface area contributed by atoms with Crippen LogP contribution in [0.2, 0.25) is 0 Å². The Morgan fingerprint density at radius 3 is 0.703 bits per heavy atom. The highest BCUT2D eigenvalue weighted by molar-refractivity contribution is 5.19. The Bertz CT molecular complexity index is 819. The van der Waals surface area contributed by atoms with Crippen LogP contribution in [-0.2, 0) is 0 Å². The predicted molar refractivity (Wildman–Crippen MR) is 69.5 cm³/mol. The van der Waals surface area contributed by atoms with Crippen LogP contribution in [0.15, 0.2) is 0 Å². The monoisotopic (exact) mass is 613 g/mol. The lowest BCUT2D eigenvalue weighted by atomic mass is 9.85. The summed E-state index contributed by atoms with van der Waals surface area (Å²) in [5.41, 5.74) is 0. The van der Waals surface area contributed by atoms with Gasteiger partial charge in [0.05, 0.1) is 6.54 Å². The van der Waals surface area contributed by atoms with E-state index in [1.165, 1.54) is 0 Å². The molecule has 0 aliphatic heterocycles. The molecular formula is C13H6F23N. The zero-order chi connectivity index (χ0) is 30.9. The van der Waals surface area contributed by atoms with Crippen LogP contribution < -0.4 is 5.32 Å². The van der Waals surface area contributed by atoms with Crippen LogP contribution in [-0.4, -0.2) is 79.0 Å². The fourth-order valence-electron chi connectivity index (χ4n) is 2.12. The summed E-state index contributed by atoms with van der Waals surface area (Å²) >= 11 is 0. The summed E-state index contributed by atoms with van der Waals surface area (Å²) in [4.78, 5) is 0. The van der Waals surface area contributed by atoms with Crippen LogP contribution in [0.3, 0.4) is 0 Å². The van der Waals surface area contributed by atoms with Crippen LogP contribution >= 0.6 is 0 Å². The molecule has 0 bridgehead atoms. The van der Waals surface area contributed by atoms with E-state index in [1.54, 1.807) is 0 Å². The molecule has 0 unspecified atom stereocenters. The Labute approximate surface area is 186 Å². The van der Waals surface area contributed by atoms with E-state index in [-0.39, 0.29) is 7.05 Å². The van der Waals surface area contributed by atoms with Gasteiger partial charge in [0, 0.05) is 0 Å². The zero-order valence-corrected chi connectivity index (χ0v) is 16.4. The number of nitrogens with one attached hydrogen (secondary N) is 1. The second-order valence-corrected chi connectivity index (χ2v) is 6.90. The molecular weight excluding hydrogens is 607 g/mol. The first-order valence-electron chi connectivity index (χ1n) is 8.05. The zero-order valence-electron chi connectivity index (χ0n) is 16.4. The van der Waals surface area contributed by atoms with Crippen LogP contribution in [0.25, 0.3) is 0 Å². The van der Waals surface area contributed by atoms with Gasteiger partial charge in [0.2, 0.25) is 0 Å². The van der Waals surface area contributed by atoms with E-state index in [0.29, 0.717) is 0 Å². The van der Waals surface area contributed by atoms with Crippen molar-refractivity contribution in [2.45, 2.75) is 65.4 Å². The average molecular weight is 613 g/mol. The molecule has 0 spiro atoms. The molecule has 1 nitrogen and oxygen atoms in total. The lowest BCUT2D eigenvalue weighted by Gasteiger charge is -2.45. The maximum absolute atomic E-state index is 13.5. The third kappa shape index (κ3) is 4.22. The van der Waals surface area contributed by atoms with Gasteiger partial charge in [-0.2, -0.15) is 101 Å². The first-order chi connectivity index (χ1) is 15.6. The molecule has 0 saturated carbocycles. The van der Waals surface area contributed by atoms with E-state index in [0.717, 1.165) is 5.32 Å². The predicted octanol–water partition coefficient (Wildman–Crippen LogP) is 7.12. The highest BCUT2D eigenvalue weighted by Gasteiger charge is 2.98. The average Bonchev–Trinajstić information content (AvgIpc) is 2.65. The van der Waals surface area contributed by atoms with Crippen molar-refractivity contribution in [3.63, 3.8) is 0 Å². The third-order valence-corrected chi connectivity index (χ3v) is 4.37. The first kappa shape index (κ1) is 35.4. The van der Waals surface area contributed by atoms with Gasteiger partial charge in [-0.05, 0) is 7.05 Å². The molecule has 0 radical (unpaired) electrons. The Balaban J connectivity index is 7.17. The van der Waals surface area contributed by atoms with Crippen molar-refractivity contribution in [2.24, 2.45) is 0 Å². The van der Waals surface area contributed by atoms with Gasteiger partial charge in [-0.15, -0.1) is 0 Å². The van der Waals surface area contributed by atoms with Crippen molar-refractivity contribution in [1.82, 2.24) is 5.32 Å². The highest BCUT2D eigenvalue weighted by atomic mass is 19.4. The smallest absolute Gasteiger partial charge is 0.314 e. The second-order valence-electron chi connectivity index (χ2n) is 6.90. The minimum absolute atomic E-state index is 0.183. The van der Waals surface area contributed by atoms with Crippen LogP contribution in [0, 0.1) is 0 Å². The molecule has 37 heavy (non-hydrogen) atoms. The van der Waals surface area contributed by atoms with Gasteiger partial charge in [0.15, 0.2) is 0 Å². The van der Waals surface area contributed by atoms with Gasteiger partial charge in [-0.1, -0.05) is 0 Å². The van der Waals surface area contributed by atoms with E-state index >= 15 is 0 Å². The Kier molecular flexibility index (Phi) is 8.29. The number of hydrogen-bond donors (Lipinski definition) is 1. The molecule has 0 aromatic carbocycles. The largest absolute Gasteiger partial charge is 0.460 e. The Morgan fingerprint density at radius 1 is 0.324 bits per heavy atom. The number of halogens is 23. The summed E-state index contributed by atoms with van der Waals surface area (Å²) in [5, 5.41) is 0.884. The topological polar surface area (TPSA) is 12.0 Å². The van der Waals surface area contributed by atoms with E-state index in [2.05, 4.69) is 0 Å². The summed E-state index contributed by atoms with van der Waals surface area (Å²) in [7, 11) is 0.183. The quantitative estimate of drug-likeness (QED) is 0.245. The normalized spacial score (nSPS) is 16.9. The first-order valence-corrected chi connectivity index (χ1v) is 8.05. The molecule has 1 N–H and O–H groups in total. The SMILES string of the molecule is CNCC(F)(F)C(F)(F)C(F)(F)C(F)(F)C(F)(F)C(F)(F)C(F)(F)C(F)(F)C(F)(F)C(F)(F)C(F)(F)F. The number of hydrogen-bond acceptors (Lipinski definition) is 1. The van der Waals surface area contributed by atoms with E-state index in [9.17, 15) is 101 Å². The molecule has 224 valence electrons. The third-order valence-electron chi connectivity index (χ3n) is 4.37. The number of rotatable bonds is 11. The summed E-state index contributed by atoms with van der Waals surface area (Å²) in [5.74, 6) is -87.1. The molecule has 0 amide bonds. The molecule has 0 aromatic rings. The van der Waals surface area contributed by atoms with Gasteiger partial charge in [-0.25, -0.2) is 0 Å². The molecule has 0 atom stereocenters. The van der Waals surface area contributed by atoms with E-state index in [1.807, 2.05) is 0 Å². The fourth-order valence-corrected chi connectivity index (χ4v) is 2.12. The maximum atomic E-state index is 13.5. The maximum Gasteiger partial charge on any atom is 0.460 e. The summed E-state index contributed by atoms with van der Waals surface area (Å²) in [6.45, 7) is -2.87. The highest BCUT2D eigenvalue weighted by Crippen LogP contribution is 2.66. The van der Waals surface area contributed by atoms with Crippen molar-refractivity contribution < 1.29 is 101 Å². The Hall–Kier alpha value is -1.65. The van der Waals surface area contributed by atoms with Crippen LogP contribution in [0.1, 0.15) is 0 Å². The number of alkyl halides is 23. The second kappa shape index (κ2) is 8.68. The fraction of sp³-hybridized carbons (Fsp3) is 1.00. The molecule has 0 heterocycles. The lowest BCUT2D eigenvalue weighted by molar-refractivity contribution is -0.478. The molecule has 0 aliphatic carbocycles. The van der Waals surface area contributed by atoms with Gasteiger partial charge < -0.3 is 5.32 Å². The van der Waals surface area contributed by atoms with Gasteiger partial charge in [0.1, 0.15) is 0 Å². The molecule has 0 saturated heterocycles. The van der Waals surface area contributed by atoms with Crippen molar-refractivity contribution in [2.75, 3.05) is 13.6 Å². The van der Waals surface area contributed by atoms with E-state index in [4.69, 9.17) is 0 Å². The molecule has 0 rings (SSSR count). The molecule has 0 aliphatic rings. The van der Waals surface area contributed by atoms with Crippen molar-refractivity contribution in [1.29, 1.82) is 0 Å². The van der Waals surface area contributed by atoms with Crippen LogP contribution in [0.5, 0.6) is 0 Å². The minimum atomic E-state index is -9.37. The Morgan fingerprint density at radius 2 is 0.514 bits per heavy atom. The van der Waals surface area contributed by atoms with Gasteiger partial charge in [0.25, 0.3) is 0 Å². The van der Waals surface area contributed by atoms with Gasteiger partial charge in [-0.3, -0.25) is 0 Å². The van der Waals surface area contributed by atoms with Gasteiger partial charge >= 0.3 is 65.4 Å². The minimum Gasteiger partial charge on any atom is -0.314 e. The van der Waals surface area contributed by atoms with Crippen molar-refractivity contribution in [3.05, 3.63) is 0 Å².